The van der Waals surface area contributed by atoms with E-state index in [2.05, 4.69) is 22.0 Å². The Labute approximate surface area is 121 Å². The van der Waals surface area contributed by atoms with Crippen molar-refractivity contribution in [3.05, 3.63) is 34.3 Å². The molecule has 3 nitrogen and oxygen atoms in total. The van der Waals surface area contributed by atoms with Crippen LogP contribution in [0.15, 0.2) is 28.7 Å². The fourth-order valence-corrected chi connectivity index (χ4v) is 5.29. The van der Waals surface area contributed by atoms with Gasteiger partial charge in [0.15, 0.2) is 0 Å². The van der Waals surface area contributed by atoms with Gasteiger partial charge in [0.1, 0.15) is 0 Å². The van der Waals surface area contributed by atoms with Crippen LogP contribution >= 0.6 is 34.1 Å². The molecular formula is C12H18BrO3PS. The average Bonchev–Trinajstić information content (AvgIpc) is 2.32. The Morgan fingerprint density at radius 1 is 1.22 bits per heavy atom. The minimum Gasteiger partial charge on any atom is -0.301 e. The van der Waals surface area contributed by atoms with Crippen LogP contribution < -0.4 is 0 Å². The van der Waals surface area contributed by atoms with E-state index in [0.29, 0.717) is 19.0 Å². The van der Waals surface area contributed by atoms with Crippen molar-refractivity contribution in [1.82, 2.24) is 0 Å². The molecule has 0 aromatic heterocycles. The zero-order valence-electron chi connectivity index (χ0n) is 10.6. The maximum absolute atomic E-state index is 12.2. The van der Waals surface area contributed by atoms with Gasteiger partial charge in [-0.1, -0.05) is 34.1 Å². The summed E-state index contributed by atoms with van der Waals surface area (Å²) in [5.41, 5.74) is 1.20. The largest absolute Gasteiger partial charge is 0.389 e. The molecule has 0 heterocycles. The first-order chi connectivity index (χ1) is 8.61. The Bertz CT molecular complexity index is 404. The number of aryl methyl sites for hydroxylation is 1. The third-order valence-electron chi connectivity index (χ3n) is 2.15. The molecule has 0 unspecified atom stereocenters. The summed E-state index contributed by atoms with van der Waals surface area (Å²) in [6.07, 6.45) is 0.830. The molecule has 1 aromatic carbocycles. The van der Waals surface area contributed by atoms with Gasteiger partial charge in [0, 0.05) is 10.2 Å². The lowest BCUT2D eigenvalue weighted by Crippen LogP contribution is -1.95. The molecule has 0 bridgehead atoms. The van der Waals surface area contributed by atoms with Crippen LogP contribution in [0, 0.1) is 0 Å². The maximum atomic E-state index is 12.2. The first kappa shape index (κ1) is 16.3. The van der Waals surface area contributed by atoms with Gasteiger partial charge in [0.05, 0.1) is 13.2 Å². The quantitative estimate of drug-likeness (QED) is 0.623. The number of benzene rings is 1. The Morgan fingerprint density at radius 2 is 1.83 bits per heavy atom. The van der Waals surface area contributed by atoms with Crippen molar-refractivity contribution in [2.24, 2.45) is 0 Å². The summed E-state index contributed by atoms with van der Waals surface area (Å²) in [5, 5.41) is 0. The molecule has 18 heavy (non-hydrogen) atoms. The van der Waals surface area contributed by atoms with Gasteiger partial charge in [0.2, 0.25) is 0 Å². The molecule has 0 aliphatic carbocycles. The van der Waals surface area contributed by atoms with E-state index >= 15 is 0 Å². The zero-order chi connectivity index (χ0) is 13.4. The highest BCUT2D eigenvalue weighted by Crippen LogP contribution is 2.60. The first-order valence-corrected chi connectivity index (χ1v) is 9.81. The van der Waals surface area contributed by atoms with Crippen molar-refractivity contribution in [3.63, 3.8) is 0 Å². The Morgan fingerprint density at radius 3 is 2.39 bits per heavy atom. The van der Waals surface area contributed by atoms with Gasteiger partial charge in [0.25, 0.3) is 0 Å². The van der Waals surface area contributed by atoms with Gasteiger partial charge in [-0.15, -0.1) is 0 Å². The van der Waals surface area contributed by atoms with Crippen molar-refractivity contribution in [1.29, 1.82) is 0 Å². The Kier molecular flexibility index (Phi) is 7.57. The zero-order valence-corrected chi connectivity index (χ0v) is 13.9. The van der Waals surface area contributed by atoms with Crippen LogP contribution in [0.3, 0.4) is 0 Å². The standard InChI is InChI=1S/C12H18BrO3PS/c1-3-15-17(14,16-4-2)18-10-9-11-7-5-6-8-12(11)13/h5-8H,3-4,9-10H2,1-2H3. The predicted octanol–water partition coefficient (Wildman–Crippen LogP) is 4.91. The van der Waals surface area contributed by atoms with E-state index in [4.69, 9.17) is 9.05 Å². The second-order valence-corrected chi connectivity index (χ2v) is 8.51. The number of hydrogen-bond donors (Lipinski definition) is 0. The second-order valence-electron chi connectivity index (χ2n) is 3.46. The molecule has 6 heteroatoms. The molecule has 1 rings (SSSR count). The fraction of sp³-hybridized carbons (Fsp3) is 0.500. The summed E-state index contributed by atoms with van der Waals surface area (Å²) in [7, 11) is 0. The molecule has 0 atom stereocenters. The molecule has 0 amide bonds. The average molecular weight is 353 g/mol. The summed E-state index contributed by atoms with van der Waals surface area (Å²) < 4.78 is 23.7. The van der Waals surface area contributed by atoms with E-state index in [1.165, 1.54) is 16.9 Å². The molecule has 0 N–H and O–H groups in total. The summed E-state index contributed by atoms with van der Waals surface area (Å²) in [6.45, 7) is 1.47. The monoisotopic (exact) mass is 352 g/mol. The van der Waals surface area contributed by atoms with E-state index in [1.807, 2.05) is 32.0 Å². The highest BCUT2D eigenvalue weighted by Gasteiger charge is 2.23. The van der Waals surface area contributed by atoms with Crippen molar-refractivity contribution >= 4 is 34.1 Å². The SMILES string of the molecule is CCOP(=O)(OCC)SCCc1ccccc1Br. The van der Waals surface area contributed by atoms with Crippen LogP contribution in [-0.4, -0.2) is 19.0 Å². The van der Waals surface area contributed by atoms with Crippen molar-refractivity contribution in [2.75, 3.05) is 19.0 Å². The van der Waals surface area contributed by atoms with Crippen LogP contribution in [0.25, 0.3) is 0 Å². The van der Waals surface area contributed by atoms with E-state index < -0.39 is 6.80 Å². The maximum Gasteiger partial charge on any atom is 0.389 e. The van der Waals surface area contributed by atoms with Crippen LogP contribution in [0.2, 0.25) is 0 Å². The molecule has 1 aromatic rings. The van der Waals surface area contributed by atoms with Gasteiger partial charge in [-0.05, 0) is 43.3 Å². The Balaban J connectivity index is 2.49. The molecule has 0 radical (unpaired) electrons. The molecule has 0 aliphatic rings. The van der Waals surface area contributed by atoms with Crippen molar-refractivity contribution in [3.8, 4) is 0 Å². The highest BCUT2D eigenvalue weighted by atomic mass is 79.9. The van der Waals surface area contributed by atoms with Gasteiger partial charge in [-0.25, -0.2) is 4.57 Å². The van der Waals surface area contributed by atoms with Crippen LogP contribution in [0.4, 0.5) is 0 Å². The molecule has 0 spiro atoms. The lowest BCUT2D eigenvalue weighted by atomic mass is 10.2. The first-order valence-electron chi connectivity index (χ1n) is 5.88. The third-order valence-corrected chi connectivity index (χ3v) is 6.91. The summed E-state index contributed by atoms with van der Waals surface area (Å²) in [6, 6.07) is 8.03. The van der Waals surface area contributed by atoms with Crippen LogP contribution in [0.5, 0.6) is 0 Å². The van der Waals surface area contributed by atoms with Crippen molar-refractivity contribution < 1.29 is 13.6 Å². The predicted molar refractivity (Wildman–Crippen MR) is 81.2 cm³/mol. The normalized spacial score (nSPS) is 11.7. The lowest BCUT2D eigenvalue weighted by Gasteiger charge is -2.15. The van der Waals surface area contributed by atoms with E-state index in [0.717, 1.165) is 10.9 Å². The molecule has 0 saturated heterocycles. The van der Waals surface area contributed by atoms with Gasteiger partial charge < -0.3 is 9.05 Å². The number of halogens is 1. The van der Waals surface area contributed by atoms with Gasteiger partial charge in [-0.3, -0.25) is 0 Å². The minimum absolute atomic E-state index is 0.402. The topological polar surface area (TPSA) is 35.5 Å². The number of rotatable bonds is 8. The van der Waals surface area contributed by atoms with Gasteiger partial charge >= 0.3 is 6.80 Å². The molecule has 0 fully saturated rings. The highest BCUT2D eigenvalue weighted by molar-refractivity contribution is 9.10. The van der Waals surface area contributed by atoms with Crippen molar-refractivity contribution in [2.45, 2.75) is 20.3 Å². The molecule has 102 valence electrons. The van der Waals surface area contributed by atoms with Gasteiger partial charge in [-0.2, -0.15) is 0 Å². The smallest absolute Gasteiger partial charge is 0.301 e. The number of hydrogen-bond acceptors (Lipinski definition) is 4. The van der Waals surface area contributed by atoms with E-state index in [-0.39, 0.29) is 0 Å². The molecular weight excluding hydrogens is 335 g/mol. The van der Waals surface area contributed by atoms with E-state index in [1.54, 1.807) is 0 Å². The third kappa shape index (κ3) is 5.45. The minimum atomic E-state index is -2.97. The van der Waals surface area contributed by atoms with Crippen LogP contribution in [0.1, 0.15) is 19.4 Å². The fourth-order valence-electron chi connectivity index (χ4n) is 1.40. The second kappa shape index (κ2) is 8.39. The summed E-state index contributed by atoms with van der Waals surface area (Å²) in [4.78, 5) is 0. The Hall–Kier alpha value is 0.200. The summed E-state index contributed by atoms with van der Waals surface area (Å²) >= 11 is 4.76. The lowest BCUT2D eigenvalue weighted by molar-refractivity contribution is 0.237. The van der Waals surface area contributed by atoms with Crippen LogP contribution in [-0.2, 0) is 20.0 Å². The molecule has 0 aliphatic heterocycles. The van der Waals surface area contributed by atoms with E-state index in [9.17, 15) is 4.57 Å². The molecule has 0 saturated carbocycles. The summed E-state index contributed by atoms with van der Waals surface area (Å²) in [5.74, 6) is 0.708.